The molecule has 72 valence electrons. The maximum atomic E-state index is 11.0. The summed E-state index contributed by atoms with van der Waals surface area (Å²) in [6, 6.07) is 0.193. The molecule has 13 heavy (non-hydrogen) atoms. The number of carbonyl (C=O) groups is 2. The normalized spacial score (nSPS) is 24.3. The van der Waals surface area contributed by atoms with Crippen molar-refractivity contribution in [2.75, 3.05) is 0 Å². The third-order valence-corrected chi connectivity index (χ3v) is 2.21. The highest BCUT2D eigenvalue weighted by Crippen LogP contribution is 2.44. The fourth-order valence-corrected chi connectivity index (χ4v) is 1.08. The number of aliphatic carboxylic acids is 1. The second-order valence-corrected chi connectivity index (χ2v) is 3.93. The number of carboxylic acid groups (broad SMARTS) is 1. The molecule has 0 aromatic rings. The van der Waals surface area contributed by atoms with Gasteiger partial charge in [-0.3, -0.25) is 4.79 Å². The van der Waals surface area contributed by atoms with E-state index in [1.54, 1.807) is 0 Å². The van der Waals surface area contributed by atoms with Gasteiger partial charge in [-0.05, 0) is 11.8 Å². The Balaban J connectivity index is 2.31. The summed E-state index contributed by atoms with van der Waals surface area (Å²) in [5.74, 6) is -1.44. The first-order valence-corrected chi connectivity index (χ1v) is 4.13. The summed E-state index contributed by atoms with van der Waals surface area (Å²) in [6.07, 6.45) is 2.83. The first-order valence-electron chi connectivity index (χ1n) is 4.13. The van der Waals surface area contributed by atoms with Gasteiger partial charge in [0.1, 0.15) is 0 Å². The summed E-state index contributed by atoms with van der Waals surface area (Å²) in [5.41, 5.74) is 0.173. The number of nitrogens with one attached hydrogen (secondary N) is 1. The number of hydrogen-bond acceptors (Lipinski definition) is 2. The maximum absolute atomic E-state index is 11.0. The Kier molecular flexibility index (Phi) is 2.40. The van der Waals surface area contributed by atoms with Gasteiger partial charge in [-0.15, -0.1) is 0 Å². The van der Waals surface area contributed by atoms with E-state index >= 15 is 0 Å². The quantitative estimate of drug-likeness (QED) is 0.627. The molecular formula is C9H13NO3. The van der Waals surface area contributed by atoms with Crippen molar-refractivity contribution in [1.82, 2.24) is 5.32 Å². The molecule has 1 unspecified atom stereocenters. The summed E-state index contributed by atoms with van der Waals surface area (Å²) >= 11 is 0. The Morgan fingerprint density at radius 1 is 1.46 bits per heavy atom. The van der Waals surface area contributed by atoms with Gasteiger partial charge in [0.2, 0.25) is 5.91 Å². The van der Waals surface area contributed by atoms with Crippen molar-refractivity contribution in [3.8, 4) is 0 Å². The van der Waals surface area contributed by atoms with E-state index in [2.05, 4.69) is 19.2 Å². The molecule has 0 aromatic heterocycles. The number of carbonyl (C=O) groups excluding carboxylic acids is 1. The van der Waals surface area contributed by atoms with Crippen LogP contribution in [0.15, 0.2) is 12.2 Å². The van der Waals surface area contributed by atoms with Gasteiger partial charge in [-0.25, -0.2) is 4.79 Å². The molecule has 0 radical (unpaired) electrons. The smallest absolute Gasteiger partial charge is 0.328 e. The molecule has 4 nitrogen and oxygen atoms in total. The van der Waals surface area contributed by atoms with E-state index in [9.17, 15) is 9.59 Å². The van der Waals surface area contributed by atoms with Crippen LogP contribution in [-0.4, -0.2) is 23.0 Å². The van der Waals surface area contributed by atoms with E-state index in [4.69, 9.17) is 5.11 Å². The van der Waals surface area contributed by atoms with Crippen LogP contribution in [0.1, 0.15) is 20.3 Å². The van der Waals surface area contributed by atoms with E-state index in [1.807, 2.05) is 0 Å². The van der Waals surface area contributed by atoms with Crippen LogP contribution in [-0.2, 0) is 9.59 Å². The Hall–Kier alpha value is -1.32. The molecule has 1 rings (SSSR count). The summed E-state index contributed by atoms with van der Waals surface area (Å²) in [4.78, 5) is 21.1. The van der Waals surface area contributed by atoms with Gasteiger partial charge >= 0.3 is 5.97 Å². The van der Waals surface area contributed by atoms with Crippen LogP contribution >= 0.6 is 0 Å². The Labute approximate surface area is 76.6 Å². The molecule has 1 saturated carbocycles. The number of hydrogen-bond donors (Lipinski definition) is 2. The minimum Gasteiger partial charge on any atom is -0.478 e. The largest absolute Gasteiger partial charge is 0.478 e. The highest BCUT2D eigenvalue weighted by Gasteiger charge is 2.46. The third kappa shape index (κ3) is 2.89. The molecule has 2 N–H and O–H groups in total. The Morgan fingerprint density at radius 3 is 2.38 bits per heavy atom. The van der Waals surface area contributed by atoms with Crippen molar-refractivity contribution in [2.45, 2.75) is 26.3 Å². The average molecular weight is 183 g/mol. The van der Waals surface area contributed by atoms with Crippen molar-refractivity contribution >= 4 is 11.9 Å². The number of amides is 1. The topological polar surface area (TPSA) is 66.4 Å². The van der Waals surface area contributed by atoms with Gasteiger partial charge in [0.05, 0.1) is 0 Å². The first kappa shape index (κ1) is 9.77. The van der Waals surface area contributed by atoms with Crippen LogP contribution in [0.4, 0.5) is 0 Å². The molecule has 1 amide bonds. The molecule has 0 spiro atoms. The van der Waals surface area contributed by atoms with Crippen LogP contribution in [0.5, 0.6) is 0 Å². The van der Waals surface area contributed by atoms with Crippen molar-refractivity contribution in [1.29, 1.82) is 0 Å². The van der Waals surface area contributed by atoms with Gasteiger partial charge in [-0.2, -0.15) is 0 Å². The van der Waals surface area contributed by atoms with Crippen molar-refractivity contribution in [3.05, 3.63) is 12.2 Å². The second-order valence-electron chi connectivity index (χ2n) is 3.93. The fraction of sp³-hybridized carbons (Fsp3) is 0.556. The van der Waals surface area contributed by atoms with E-state index in [1.165, 1.54) is 0 Å². The molecule has 0 bridgehead atoms. The van der Waals surface area contributed by atoms with Crippen LogP contribution in [0.3, 0.4) is 0 Å². The SMILES string of the molecule is CC1(C)CC1NC(=O)/C=C\C(=O)O. The van der Waals surface area contributed by atoms with Gasteiger partial charge in [0.25, 0.3) is 0 Å². The zero-order valence-electron chi connectivity index (χ0n) is 7.70. The lowest BCUT2D eigenvalue weighted by atomic mass is 10.2. The fourth-order valence-electron chi connectivity index (χ4n) is 1.08. The number of carboxylic acids is 1. The predicted octanol–water partition coefficient (Wildman–Crippen LogP) is 0.542. The summed E-state index contributed by atoms with van der Waals surface area (Å²) in [5, 5.41) is 11.0. The van der Waals surface area contributed by atoms with Gasteiger partial charge < -0.3 is 10.4 Å². The lowest BCUT2D eigenvalue weighted by molar-refractivity contribution is -0.131. The van der Waals surface area contributed by atoms with E-state index in [0.29, 0.717) is 0 Å². The maximum Gasteiger partial charge on any atom is 0.328 e. The molecule has 4 heteroatoms. The Morgan fingerprint density at radius 2 is 2.00 bits per heavy atom. The monoisotopic (exact) mass is 183 g/mol. The lowest BCUT2D eigenvalue weighted by Gasteiger charge is -2.02. The highest BCUT2D eigenvalue weighted by molar-refractivity contribution is 5.94. The van der Waals surface area contributed by atoms with E-state index in [-0.39, 0.29) is 17.4 Å². The molecule has 1 atom stereocenters. The molecule has 1 aliphatic carbocycles. The molecule has 0 aromatic carbocycles. The minimum absolute atomic E-state index is 0.173. The van der Waals surface area contributed by atoms with Crippen LogP contribution in [0.2, 0.25) is 0 Å². The van der Waals surface area contributed by atoms with Gasteiger partial charge in [0.15, 0.2) is 0 Å². The molecule has 1 aliphatic rings. The van der Waals surface area contributed by atoms with Gasteiger partial charge in [0, 0.05) is 18.2 Å². The zero-order valence-corrected chi connectivity index (χ0v) is 7.70. The molecule has 0 saturated heterocycles. The number of rotatable bonds is 3. The van der Waals surface area contributed by atoms with Gasteiger partial charge in [-0.1, -0.05) is 13.8 Å². The lowest BCUT2D eigenvalue weighted by Crippen LogP contribution is -2.26. The summed E-state index contributed by atoms with van der Waals surface area (Å²) in [7, 11) is 0. The predicted molar refractivity (Wildman–Crippen MR) is 47.1 cm³/mol. The summed E-state index contributed by atoms with van der Waals surface area (Å²) in [6.45, 7) is 4.11. The summed E-state index contributed by atoms with van der Waals surface area (Å²) < 4.78 is 0. The average Bonchev–Trinajstić information content (AvgIpc) is 2.54. The molecule has 1 fully saturated rings. The van der Waals surface area contributed by atoms with Crippen LogP contribution < -0.4 is 5.32 Å². The third-order valence-electron chi connectivity index (χ3n) is 2.21. The van der Waals surface area contributed by atoms with E-state index in [0.717, 1.165) is 18.6 Å². The van der Waals surface area contributed by atoms with Crippen LogP contribution in [0.25, 0.3) is 0 Å². The first-order chi connectivity index (χ1) is 5.92. The standard InChI is InChI=1S/C9H13NO3/c1-9(2)5-6(9)10-7(11)3-4-8(12)13/h3-4,6H,5H2,1-2H3,(H,10,11)(H,12,13)/b4-3-. The second kappa shape index (κ2) is 3.20. The van der Waals surface area contributed by atoms with Crippen molar-refractivity contribution in [2.24, 2.45) is 5.41 Å². The minimum atomic E-state index is -1.11. The Bertz CT molecular complexity index is 268. The van der Waals surface area contributed by atoms with Crippen LogP contribution in [0, 0.1) is 5.41 Å². The molecular weight excluding hydrogens is 170 g/mol. The highest BCUT2D eigenvalue weighted by atomic mass is 16.4. The molecule has 0 aliphatic heterocycles. The van der Waals surface area contributed by atoms with E-state index < -0.39 is 5.97 Å². The van der Waals surface area contributed by atoms with Crippen molar-refractivity contribution in [3.63, 3.8) is 0 Å². The zero-order chi connectivity index (χ0) is 10.1. The van der Waals surface area contributed by atoms with Crippen molar-refractivity contribution < 1.29 is 14.7 Å². The molecule has 0 heterocycles.